The minimum Gasteiger partial charge on any atom is -0.388 e. The molecule has 0 atom stereocenters. The number of pyridine rings is 2. The summed E-state index contributed by atoms with van der Waals surface area (Å²) in [6, 6.07) is 7.65. The van der Waals surface area contributed by atoms with Crippen molar-refractivity contribution < 1.29 is 9.90 Å². The number of aryl methyl sites for hydroxylation is 1. The lowest BCUT2D eigenvalue weighted by Gasteiger charge is -2.38. The van der Waals surface area contributed by atoms with Crippen LogP contribution in [0.5, 0.6) is 0 Å². The fraction of sp³-hybridized carbons (Fsp3) is 0.350. The molecule has 0 spiro atoms. The maximum atomic E-state index is 12.6. The first-order valence-corrected chi connectivity index (χ1v) is 8.87. The first-order chi connectivity index (χ1) is 12.5. The molecule has 0 bridgehead atoms. The van der Waals surface area contributed by atoms with E-state index in [1.54, 1.807) is 17.3 Å². The number of aliphatic hydroxyl groups is 1. The van der Waals surface area contributed by atoms with E-state index in [1.807, 2.05) is 48.1 Å². The van der Waals surface area contributed by atoms with Crippen LogP contribution in [-0.4, -0.2) is 49.1 Å². The molecule has 1 aliphatic rings. The first-order valence-electron chi connectivity index (χ1n) is 8.87. The lowest BCUT2D eigenvalue weighted by atomic mass is 9.91. The van der Waals surface area contributed by atoms with Crippen molar-refractivity contribution in [3.63, 3.8) is 0 Å². The molecule has 1 fully saturated rings. The van der Waals surface area contributed by atoms with E-state index in [9.17, 15) is 9.90 Å². The Kier molecular flexibility index (Phi) is 4.20. The van der Waals surface area contributed by atoms with Crippen LogP contribution in [-0.2, 0) is 6.54 Å². The topological polar surface area (TPSA) is 71.2 Å². The zero-order chi connectivity index (χ0) is 18.1. The molecule has 1 N–H and O–H groups in total. The average molecular weight is 350 g/mol. The van der Waals surface area contributed by atoms with Gasteiger partial charge in [0.25, 0.3) is 5.91 Å². The maximum Gasteiger partial charge on any atom is 0.255 e. The fourth-order valence-electron chi connectivity index (χ4n) is 3.54. The second-order valence-corrected chi connectivity index (χ2v) is 7.08. The monoisotopic (exact) mass is 350 g/mol. The van der Waals surface area contributed by atoms with Crippen molar-refractivity contribution in [1.82, 2.24) is 19.4 Å². The van der Waals surface area contributed by atoms with E-state index in [-0.39, 0.29) is 5.91 Å². The van der Waals surface area contributed by atoms with E-state index in [2.05, 4.69) is 9.97 Å². The van der Waals surface area contributed by atoms with Crippen LogP contribution in [0.3, 0.4) is 0 Å². The number of piperidine rings is 1. The number of carbonyl (C=O) groups is 1. The molecule has 4 heterocycles. The normalized spacial score (nSPS) is 16.8. The van der Waals surface area contributed by atoms with Gasteiger partial charge in [0.2, 0.25) is 0 Å². The van der Waals surface area contributed by atoms with Crippen LogP contribution in [0.4, 0.5) is 0 Å². The fourth-order valence-corrected chi connectivity index (χ4v) is 3.54. The number of nitrogens with zero attached hydrogens (tertiary/aromatic N) is 4. The minimum absolute atomic E-state index is 0.0184. The highest BCUT2D eigenvalue weighted by Crippen LogP contribution is 2.27. The van der Waals surface area contributed by atoms with Gasteiger partial charge in [-0.15, -0.1) is 0 Å². The Labute approximate surface area is 152 Å². The summed E-state index contributed by atoms with van der Waals surface area (Å²) in [5.41, 5.74) is 1.70. The summed E-state index contributed by atoms with van der Waals surface area (Å²) in [5, 5.41) is 12.1. The van der Waals surface area contributed by atoms with Crippen LogP contribution in [0.15, 0.2) is 49.1 Å². The van der Waals surface area contributed by atoms with Crippen molar-refractivity contribution in [3.05, 3.63) is 60.3 Å². The smallest absolute Gasteiger partial charge is 0.255 e. The SMILES string of the molecule is Cc1ccc(C(=O)N2CCC(O)(Cn3ccc4ccncc43)CC2)cn1. The summed E-state index contributed by atoms with van der Waals surface area (Å²) in [7, 11) is 0. The van der Waals surface area contributed by atoms with Gasteiger partial charge in [-0.25, -0.2) is 0 Å². The molecule has 1 saturated heterocycles. The van der Waals surface area contributed by atoms with Gasteiger partial charge in [-0.2, -0.15) is 0 Å². The Hall–Kier alpha value is -2.73. The molecule has 0 saturated carbocycles. The average Bonchev–Trinajstić information content (AvgIpc) is 3.05. The molecule has 0 aromatic carbocycles. The van der Waals surface area contributed by atoms with Crippen molar-refractivity contribution in [3.8, 4) is 0 Å². The highest BCUT2D eigenvalue weighted by molar-refractivity contribution is 5.94. The van der Waals surface area contributed by atoms with E-state index < -0.39 is 5.60 Å². The van der Waals surface area contributed by atoms with Crippen molar-refractivity contribution in [2.24, 2.45) is 0 Å². The van der Waals surface area contributed by atoms with Crippen molar-refractivity contribution >= 4 is 16.8 Å². The van der Waals surface area contributed by atoms with Gasteiger partial charge >= 0.3 is 0 Å². The quantitative estimate of drug-likeness (QED) is 0.787. The van der Waals surface area contributed by atoms with Gasteiger partial charge in [0.15, 0.2) is 0 Å². The van der Waals surface area contributed by atoms with Gasteiger partial charge in [-0.3, -0.25) is 14.8 Å². The van der Waals surface area contributed by atoms with Crippen molar-refractivity contribution in [1.29, 1.82) is 0 Å². The third kappa shape index (κ3) is 3.20. The van der Waals surface area contributed by atoms with E-state index in [0.29, 0.717) is 38.0 Å². The molecular weight excluding hydrogens is 328 g/mol. The lowest BCUT2D eigenvalue weighted by Crippen LogP contribution is -2.48. The summed E-state index contributed by atoms with van der Waals surface area (Å²) in [6.45, 7) is 3.49. The van der Waals surface area contributed by atoms with Gasteiger partial charge < -0.3 is 14.6 Å². The second kappa shape index (κ2) is 6.53. The number of fused-ring (bicyclic) bond motifs is 1. The number of rotatable bonds is 3. The van der Waals surface area contributed by atoms with Crippen molar-refractivity contribution in [2.45, 2.75) is 31.9 Å². The molecule has 3 aromatic rings. The molecule has 1 amide bonds. The Morgan fingerprint density at radius 3 is 2.73 bits per heavy atom. The van der Waals surface area contributed by atoms with Crippen LogP contribution in [0.2, 0.25) is 0 Å². The van der Waals surface area contributed by atoms with E-state index in [4.69, 9.17) is 0 Å². The maximum absolute atomic E-state index is 12.6. The van der Waals surface area contributed by atoms with Gasteiger partial charge in [0.1, 0.15) is 0 Å². The number of hydrogen-bond donors (Lipinski definition) is 1. The van der Waals surface area contributed by atoms with E-state index in [1.165, 1.54) is 0 Å². The summed E-state index contributed by atoms with van der Waals surface area (Å²) < 4.78 is 2.05. The Balaban J connectivity index is 1.43. The number of hydrogen-bond acceptors (Lipinski definition) is 4. The molecule has 6 nitrogen and oxygen atoms in total. The predicted molar refractivity (Wildman–Crippen MR) is 98.8 cm³/mol. The molecule has 3 aromatic heterocycles. The van der Waals surface area contributed by atoms with E-state index >= 15 is 0 Å². The molecule has 0 radical (unpaired) electrons. The number of aromatic nitrogens is 3. The van der Waals surface area contributed by atoms with Gasteiger partial charge in [0.05, 0.1) is 29.4 Å². The molecule has 26 heavy (non-hydrogen) atoms. The summed E-state index contributed by atoms with van der Waals surface area (Å²) in [5.74, 6) is -0.0184. The Morgan fingerprint density at radius 1 is 1.19 bits per heavy atom. The summed E-state index contributed by atoms with van der Waals surface area (Å²) in [4.78, 5) is 22.8. The lowest BCUT2D eigenvalue weighted by molar-refractivity contribution is -0.0284. The largest absolute Gasteiger partial charge is 0.388 e. The molecule has 1 aliphatic heterocycles. The molecule has 6 heteroatoms. The highest BCUT2D eigenvalue weighted by atomic mass is 16.3. The number of likely N-dealkylation sites (tertiary alicyclic amines) is 1. The zero-order valence-electron chi connectivity index (χ0n) is 14.8. The van der Waals surface area contributed by atoms with Crippen LogP contribution >= 0.6 is 0 Å². The summed E-state index contributed by atoms with van der Waals surface area (Å²) in [6.07, 6.45) is 8.31. The highest BCUT2D eigenvalue weighted by Gasteiger charge is 2.34. The van der Waals surface area contributed by atoms with Crippen LogP contribution in [0.1, 0.15) is 28.9 Å². The van der Waals surface area contributed by atoms with Gasteiger partial charge in [-0.05, 0) is 44.0 Å². The first kappa shape index (κ1) is 16.7. The van der Waals surface area contributed by atoms with Crippen LogP contribution < -0.4 is 0 Å². The summed E-state index contributed by atoms with van der Waals surface area (Å²) >= 11 is 0. The molecular formula is C20H22N4O2. The Morgan fingerprint density at radius 2 is 2.00 bits per heavy atom. The number of carbonyl (C=O) groups excluding carboxylic acids is 1. The van der Waals surface area contributed by atoms with Gasteiger partial charge in [-0.1, -0.05) is 0 Å². The standard InChI is InChI=1S/C20H22N4O2/c1-15-2-3-17(12-22-15)19(25)23-10-6-20(26,7-11-23)14-24-9-5-16-4-8-21-13-18(16)24/h2-5,8-9,12-13,26H,6-7,10-11,14H2,1H3. The Bertz CT molecular complexity index is 924. The molecule has 134 valence electrons. The third-order valence-corrected chi connectivity index (χ3v) is 5.18. The second-order valence-electron chi connectivity index (χ2n) is 7.08. The third-order valence-electron chi connectivity index (χ3n) is 5.18. The van der Waals surface area contributed by atoms with Gasteiger partial charge in [0, 0.05) is 42.8 Å². The van der Waals surface area contributed by atoms with Crippen LogP contribution in [0.25, 0.3) is 10.9 Å². The molecule has 0 aliphatic carbocycles. The van der Waals surface area contributed by atoms with E-state index in [0.717, 1.165) is 16.6 Å². The zero-order valence-corrected chi connectivity index (χ0v) is 14.8. The predicted octanol–water partition coefficient (Wildman–Crippen LogP) is 2.41. The number of amides is 1. The molecule has 4 rings (SSSR count). The van der Waals surface area contributed by atoms with Crippen LogP contribution in [0, 0.1) is 6.92 Å². The molecule has 0 unspecified atom stereocenters. The minimum atomic E-state index is -0.815. The van der Waals surface area contributed by atoms with Crippen molar-refractivity contribution in [2.75, 3.05) is 13.1 Å².